The van der Waals surface area contributed by atoms with Gasteiger partial charge in [-0.1, -0.05) is 0 Å². The van der Waals surface area contributed by atoms with Crippen molar-refractivity contribution < 1.29 is 14.6 Å². The third-order valence-corrected chi connectivity index (χ3v) is 2.85. The van der Waals surface area contributed by atoms with Gasteiger partial charge in [0.15, 0.2) is 0 Å². The Morgan fingerprint density at radius 1 is 1.32 bits per heavy atom. The van der Waals surface area contributed by atoms with E-state index in [0.29, 0.717) is 25.1 Å². The summed E-state index contributed by atoms with van der Waals surface area (Å²) >= 11 is 0. The smallest absolute Gasteiger partial charge is 0.254 e. The van der Waals surface area contributed by atoms with Crippen LogP contribution in [0.1, 0.15) is 37.6 Å². The Kier molecular flexibility index (Phi) is 6.36. The van der Waals surface area contributed by atoms with E-state index in [0.717, 1.165) is 5.75 Å². The maximum absolute atomic E-state index is 12.4. The minimum Gasteiger partial charge on any atom is -0.494 e. The molecule has 4 nitrogen and oxygen atoms in total. The van der Waals surface area contributed by atoms with Gasteiger partial charge >= 0.3 is 0 Å². The van der Waals surface area contributed by atoms with Gasteiger partial charge in [0.25, 0.3) is 5.91 Å². The van der Waals surface area contributed by atoms with Crippen molar-refractivity contribution in [3.8, 4) is 5.75 Å². The lowest BCUT2D eigenvalue weighted by Gasteiger charge is -2.26. The molecule has 1 N–H and O–H groups in total. The van der Waals surface area contributed by atoms with Crippen LogP contribution in [0.4, 0.5) is 0 Å². The van der Waals surface area contributed by atoms with Gasteiger partial charge in [0.1, 0.15) is 5.75 Å². The maximum Gasteiger partial charge on any atom is 0.254 e. The summed E-state index contributed by atoms with van der Waals surface area (Å²) in [6, 6.07) is 7.29. The van der Waals surface area contributed by atoms with Crippen LogP contribution < -0.4 is 4.74 Å². The number of aliphatic hydroxyl groups is 1. The van der Waals surface area contributed by atoms with Crippen LogP contribution in [-0.2, 0) is 0 Å². The Morgan fingerprint density at radius 2 is 1.95 bits per heavy atom. The second kappa shape index (κ2) is 7.79. The third-order valence-electron chi connectivity index (χ3n) is 2.85. The average molecular weight is 265 g/mol. The summed E-state index contributed by atoms with van der Waals surface area (Å²) < 4.78 is 5.36. The SMILES string of the molecule is CCOc1ccc(C(=O)N(CCCO)C(C)C)cc1. The van der Waals surface area contributed by atoms with Gasteiger partial charge in [0.2, 0.25) is 0 Å². The van der Waals surface area contributed by atoms with Gasteiger partial charge < -0.3 is 14.7 Å². The van der Waals surface area contributed by atoms with Crippen LogP contribution in [0.3, 0.4) is 0 Å². The lowest BCUT2D eigenvalue weighted by molar-refractivity contribution is 0.0693. The summed E-state index contributed by atoms with van der Waals surface area (Å²) in [6.07, 6.45) is 0.598. The van der Waals surface area contributed by atoms with Gasteiger partial charge in [-0.2, -0.15) is 0 Å². The van der Waals surface area contributed by atoms with E-state index in [1.807, 2.05) is 20.8 Å². The van der Waals surface area contributed by atoms with E-state index >= 15 is 0 Å². The highest BCUT2D eigenvalue weighted by molar-refractivity contribution is 5.94. The first-order valence-electron chi connectivity index (χ1n) is 6.74. The van der Waals surface area contributed by atoms with E-state index < -0.39 is 0 Å². The fourth-order valence-corrected chi connectivity index (χ4v) is 1.86. The Bertz CT molecular complexity index is 387. The topological polar surface area (TPSA) is 49.8 Å². The molecule has 1 aromatic rings. The van der Waals surface area contributed by atoms with Crippen LogP contribution in [0.2, 0.25) is 0 Å². The van der Waals surface area contributed by atoms with Crippen molar-refractivity contribution >= 4 is 5.91 Å². The lowest BCUT2D eigenvalue weighted by atomic mass is 10.1. The first-order valence-corrected chi connectivity index (χ1v) is 6.74. The van der Waals surface area contributed by atoms with Crippen molar-refractivity contribution in [2.45, 2.75) is 33.2 Å². The first-order chi connectivity index (χ1) is 9.10. The molecule has 0 aromatic heterocycles. The van der Waals surface area contributed by atoms with E-state index in [2.05, 4.69) is 0 Å². The van der Waals surface area contributed by atoms with E-state index in [4.69, 9.17) is 9.84 Å². The Balaban J connectivity index is 2.78. The molecule has 0 saturated heterocycles. The summed E-state index contributed by atoms with van der Waals surface area (Å²) in [5.74, 6) is 0.761. The number of rotatable bonds is 7. The highest BCUT2D eigenvalue weighted by atomic mass is 16.5. The molecule has 0 atom stereocenters. The number of aliphatic hydroxyl groups excluding tert-OH is 1. The molecule has 1 rings (SSSR count). The summed E-state index contributed by atoms with van der Waals surface area (Å²) in [7, 11) is 0. The van der Waals surface area contributed by atoms with E-state index in [9.17, 15) is 4.79 Å². The third kappa shape index (κ3) is 4.56. The fraction of sp³-hybridized carbons (Fsp3) is 0.533. The second-order valence-corrected chi connectivity index (χ2v) is 4.63. The molecule has 0 unspecified atom stereocenters. The zero-order valence-corrected chi connectivity index (χ0v) is 11.9. The Labute approximate surface area is 115 Å². The predicted octanol–water partition coefficient (Wildman–Crippen LogP) is 2.32. The van der Waals surface area contributed by atoms with Gasteiger partial charge in [0, 0.05) is 24.8 Å². The van der Waals surface area contributed by atoms with Crippen molar-refractivity contribution in [1.29, 1.82) is 0 Å². The standard InChI is InChI=1S/C15H23NO3/c1-4-19-14-8-6-13(7-9-14)15(18)16(12(2)3)10-5-11-17/h6-9,12,17H,4-5,10-11H2,1-3H3. The molecule has 1 aromatic carbocycles. The van der Waals surface area contributed by atoms with E-state index in [1.54, 1.807) is 29.2 Å². The van der Waals surface area contributed by atoms with E-state index in [1.165, 1.54) is 0 Å². The normalized spacial score (nSPS) is 10.6. The summed E-state index contributed by atoms with van der Waals surface area (Å²) in [5.41, 5.74) is 0.648. The molecule has 1 amide bonds. The highest BCUT2D eigenvalue weighted by Crippen LogP contribution is 2.15. The van der Waals surface area contributed by atoms with Crippen LogP contribution in [-0.4, -0.2) is 41.7 Å². The number of hydrogen-bond acceptors (Lipinski definition) is 3. The van der Waals surface area contributed by atoms with Crippen LogP contribution in [0, 0.1) is 0 Å². The quantitative estimate of drug-likeness (QED) is 0.823. The van der Waals surface area contributed by atoms with Crippen molar-refractivity contribution in [3.63, 3.8) is 0 Å². The number of ether oxygens (including phenoxy) is 1. The molecular weight excluding hydrogens is 242 g/mol. The van der Waals surface area contributed by atoms with Gasteiger partial charge in [-0.25, -0.2) is 0 Å². The van der Waals surface area contributed by atoms with Crippen LogP contribution in [0.5, 0.6) is 5.75 Å². The van der Waals surface area contributed by atoms with Crippen molar-refractivity contribution in [3.05, 3.63) is 29.8 Å². The summed E-state index contributed by atoms with van der Waals surface area (Å²) in [5, 5.41) is 8.89. The molecule has 106 valence electrons. The average Bonchev–Trinajstić information content (AvgIpc) is 2.40. The fourth-order valence-electron chi connectivity index (χ4n) is 1.86. The molecule has 0 fully saturated rings. The number of benzene rings is 1. The molecule has 0 bridgehead atoms. The number of amides is 1. The van der Waals surface area contributed by atoms with E-state index in [-0.39, 0.29) is 18.6 Å². The minimum absolute atomic E-state index is 0.00787. The van der Waals surface area contributed by atoms with Crippen LogP contribution in [0.25, 0.3) is 0 Å². The molecule has 0 heterocycles. The predicted molar refractivity (Wildman–Crippen MR) is 75.5 cm³/mol. The van der Waals surface area contributed by atoms with Crippen molar-refractivity contribution in [2.24, 2.45) is 0 Å². The van der Waals surface area contributed by atoms with Crippen LogP contribution >= 0.6 is 0 Å². The van der Waals surface area contributed by atoms with Gasteiger partial charge in [-0.05, 0) is 51.5 Å². The molecule has 0 aliphatic carbocycles. The van der Waals surface area contributed by atoms with Crippen molar-refractivity contribution in [2.75, 3.05) is 19.8 Å². The lowest BCUT2D eigenvalue weighted by Crippen LogP contribution is -2.38. The Morgan fingerprint density at radius 3 is 2.42 bits per heavy atom. The second-order valence-electron chi connectivity index (χ2n) is 4.63. The number of nitrogens with zero attached hydrogens (tertiary/aromatic N) is 1. The van der Waals surface area contributed by atoms with Gasteiger partial charge in [0.05, 0.1) is 6.61 Å². The molecule has 0 radical (unpaired) electrons. The summed E-state index contributed by atoms with van der Waals surface area (Å²) in [4.78, 5) is 14.1. The molecule has 0 aliphatic heterocycles. The molecule has 0 saturated carbocycles. The Hall–Kier alpha value is -1.55. The molecular formula is C15H23NO3. The maximum atomic E-state index is 12.4. The minimum atomic E-state index is -0.00787. The van der Waals surface area contributed by atoms with Gasteiger partial charge in [-0.15, -0.1) is 0 Å². The van der Waals surface area contributed by atoms with Gasteiger partial charge in [-0.3, -0.25) is 4.79 Å². The zero-order valence-electron chi connectivity index (χ0n) is 11.9. The molecule has 19 heavy (non-hydrogen) atoms. The number of hydrogen-bond donors (Lipinski definition) is 1. The highest BCUT2D eigenvalue weighted by Gasteiger charge is 2.18. The first kappa shape index (κ1) is 15.5. The number of carbonyl (C=O) groups excluding carboxylic acids is 1. The monoisotopic (exact) mass is 265 g/mol. The van der Waals surface area contributed by atoms with Crippen LogP contribution in [0.15, 0.2) is 24.3 Å². The van der Waals surface area contributed by atoms with Crippen molar-refractivity contribution in [1.82, 2.24) is 4.90 Å². The number of carbonyl (C=O) groups is 1. The molecule has 0 spiro atoms. The molecule has 4 heteroatoms. The largest absolute Gasteiger partial charge is 0.494 e. The summed E-state index contributed by atoms with van der Waals surface area (Å²) in [6.45, 7) is 7.16. The zero-order chi connectivity index (χ0) is 14.3. The molecule has 0 aliphatic rings.